The Bertz CT molecular complexity index is 477. The number of halogens is 1. The second-order valence-corrected chi connectivity index (χ2v) is 8.12. The smallest absolute Gasteiger partial charge is 0.407 e. The van der Waals surface area contributed by atoms with Crippen molar-refractivity contribution < 1.29 is 9.53 Å². The lowest BCUT2D eigenvalue weighted by Gasteiger charge is -2.24. The molecule has 8 heteroatoms. The van der Waals surface area contributed by atoms with Gasteiger partial charge in [0.1, 0.15) is 5.60 Å². The van der Waals surface area contributed by atoms with E-state index in [1.807, 2.05) is 20.8 Å². The van der Waals surface area contributed by atoms with Gasteiger partial charge in [-0.2, -0.15) is 0 Å². The van der Waals surface area contributed by atoms with Gasteiger partial charge in [0.2, 0.25) is 0 Å². The summed E-state index contributed by atoms with van der Waals surface area (Å²) in [6.07, 6.45) is 4.32. The molecule has 1 aliphatic heterocycles. The highest BCUT2D eigenvalue weighted by Crippen LogP contribution is 2.33. The van der Waals surface area contributed by atoms with Crippen LogP contribution in [0.1, 0.15) is 53.4 Å². The largest absolute Gasteiger partial charge is 0.444 e. The van der Waals surface area contributed by atoms with Crippen molar-refractivity contribution in [2.45, 2.75) is 71.1 Å². The quantitative estimate of drug-likeness (QED) is 0.295. The first-order valence-corrected chi connectivity index (χ1v) is 9.56. The van der Waals surface area contributed by atoms with Crippen molar-refractivity contribution in [3.8, 4) is 0 Å². The molecule has 2 fully saturated rings. The van der Waals surface area contributed by atoms with Crippen LogP contribution in [0.2, 0.25) is 0 Å². The van der Waals surface area contributed by atoms with Crippen LogP contribution < -0.4 is 16.4 Å². The minimum atomic E-state index is -0.492. The molecule has 7 nitrogen and oxygen atoms in total. The SMILES string of the molecule is CCN1CCCC1CNC(N)=NCC(NC(=O)OC(C)(C)C)C1CC1.I. The third kappa shape index (κ3) is 8.28. The highest BCUT2D eigenvalue weighted by molar-refractivity contribution is 14.0. The van der Waals surface area contributed by atoms with Crippen molar-refractivity contribution in [2.24, 2.45) is 16.6 Å². The molecule has 1 saturated carbocycles. The third-order valence-electron chi connectivity index (χ3n) is 4.78. The number of nitrogens with two attached hydrogens (primary N) is 1. The molecule has 0 aromatic heterocycles. The Labute approximate surface area is 174 Å². The van der Waals surface area contributed by atoms with Crippen LogP contribution >= 0.6 is 24.0 Å². The highest BCUT2D eigenvalue weighted by Gasteiger charge is 2.33. The number of rotatable bonds is 7. The fourth-order valence-electron chi connectivity index (χ4n) is 3.29. The van der Waals surface area contributed by atoms with Gasteiger partial charge in [-0.25, -0.2) is 4.79 Å². The molecule has 2 aliphatic rings. The van der Waals surface area contributed by atoms with Crippen LogP contribution in [0.5, 0.6) is 0 Å². The zero-order valence-electron chi connectivity index (χ0n) is 16.6. The van der Waals surface area contributed by atoms with Crippen molar-refractivity contribution >= 4 is 36.0 Å². The molecule has 0 spiro atoms. The van der Waals surface area contributed by atoms with Crippen LogP contribution in [0.3, 0.4) is 0 Å². The number of nitrogens with zero attached hydrogens (tertiary/aromatic N) is 2. The first-order valence-electron chi connectivity index (χ1n) is 9.56. The van der Waals surface area contributed by atoms with Gasteiger partial charge in [-0.3, -0.25) is 9.89 Å². The van der Waals surface area contributed by atoms with E-state index in [0.29, 0.717) is 24.5 Å². The monoisotopic (exact) mass is 481 g/mol. The Morgan fingerprint density at radius 1 is 1.35 bits per heavy atom. The molecule has 0 radical (unpaired) electrons. The van der Waals surface area contributed by atoms with Gasteiger partial charge in [0.05, 0.1) is 12.6 Å². The number of carbonyl (C=O) groups excluding carboxylic acids is 1. The minimum absolute atomic E-state index is 0. The van der Waals surface area contributed by atoms with E-state index in [2.05, 4.69) is 27.4 Å². The zero-order chi connectivity index (χ0) is 18.4. The van der Waals surface area contributed by atoms with Crippen LogP contribution in [0, 0.1) is 5.92 Å². The normalized spacial score (nSPS) is 22.5. The van der Waals surface area contributed by atoms with E-state index in [9.17, 15) is 4.79 Å². The molecule has 2 atom stereocenters. The van der Waals surface area contributed by atoms with Gasteiger partial charge in [-0.1, -0.05) is 6.92 Å². The standard InChI is InChI=1S/C18H35N5O2.HI/c1-5-23-10-6-7-14(23)11-20-16(19)21-12-15(13-8-9-13)22-17(24)25-18(2,3)4;/h13-15H,5-12H2,1-4H3,(H,22,24)(H3,19,20,21);1H. The number of ether oxygens (including phenoxy) is 1. The van der Waals surface area contributed by atoms with Crippen LogP contribution in [-0.4, -0.2) is 60.8 Å². The second kappa shape index (κ2) is 10.5. The summed E-state index contributed by atoms with van der Waals surface area (Å²) in [6.45, 7) is 11.3. The van der Waals surface area contributed by atoms with Crippen molar-refractivity contribution in [3.05, 3.63) is 0 Å². The summed E-state index contributed by atoms with van der Waals surface area (Å²) < 4.78 is 5.34. The maximum absolute atomic E-state index is 12.0. The molecular formula is C18H36IN5O2. The van der Waals surface area contributed by atoms with Crippen molar-refractivity contribution in [3.63, 3.8) is 0 Å². The van der Waals surface area contributed by atoms with E-state index in [1.54, 1.807) is 0 Å². The van der Waals surface area contributed by atoms with Gasteiger partial charge >= 0.3 is 6.09 Å². The average molecular weight is 481 g/mol. The molecule has 1 saturated heterocycles. The highest BCUT2D eigenvalue weighted by atomic mass is 127. The summed E-state index contributed by atoms with van der Waals surface area (Å²) in [5.74, 6) is 0.939. The van der Waals surface area contributed by atoms with Crippen LogP contribution in [0.4, 0.5) is 4.79 Å². The fourth-order valence-corrected chi connectivity index (χ4v) is 3.29. The summed E-state index contributed by atoms with van der Waals surface area (Å²) in [5, 5.41) is 6.18. The lowest BCUT2D eigenvalue weighted by Crippen LogP contribution is -2.44. The number of nitrogens with one attached hydrogen (secondary N) is 2. The minimum Gasteiger partial charge on any atom is -0.444 e. The molecule has 1 aliphatic carbocycles. The molecule has 26 heavy (non-hydrogen) atoms. The fraction of sp³-hybridized carbons (Fsp3) is 0.889. The number of hydrogen-bond acceptors (Lipinski definition) is 4. The zero-order valence-corrected chi connectivity index (χ0v) is 18.9. The first-order chi connectivity index (χ1) is 11.8. The molecule has 2 rings (SSSR count). The number of hydrogen-bond donors (Lipinski definition) is 3. The molecule has 0 aromatic carbocycles. The van der Waals surface area contributed by atoms with Gasteiger partial charge in [-0.05, 0) is 65.5 Å². The summed E-state index contributed by atoms with van der Waals surface area (Å²) in [4.78, 5) is 18.9. The van der Waals surface area contributed by atoms with Gasteiger partial charge < -0.3 is 21.1 Å². The van der Waals surface area contributed by atoms with E-state index in [0.717, 1.165) is 25.9 Å². The predicted octanol–water partition coefficient (Wildman–Crippen LogP) is 2.30. The molecular weight excluding hydrogens is 445 g/mol. The summed E-state index contributed by atoms with van der Waals surface area (Å²) in [6, 6.07) is 0.534. The van der Waals surface area contributed by atoms with Gasteiger partial charge in [0.15, 0.2) is 5.96 Å². The van der Waals surface area contributed by atoms with E-state index in [4.69, 9.17) is 10.5 Å². The van der Waals surface area contributed by atoms with Crippen molar-refractivity contribution in [1.82, 2.24) is 15.5 Å². The molecule has 2 unspecified atom stereocenters. The lowest BCUT2D eigenvalue weighted by atomic mass is 10.2. The van der Waals surface area contributed by atoms with Crippen LogP contribution in [0.25, 0.3) is 0 Å². The molecule has 0 bridgehead atoms. The number of aliphatic imine (C=N–C) groups is 1. The Morgan fingerprint density at radius 3 is 2.62 bits per heavy atom. The number of carbonyl (C=O) groups is 1. The lowest BCUT2D eigenvalue weighted by molar-refractivity contribution is 0.0500. The van der Waals surface area contributed by atoms with Crippen molar-refractivity contribution in [2.75, 3.05) is 26.2 Å². The van der Waals surface area contributed by atoms with E-state index < -0.39 is 5.60 Å². The number of likely N-dealkylation sites (N-methyl/N-ethyl adjacent to an activating group) is 1. The molecule has 152 valence electrons. The van der Waals surface area contributed by atoms with Gasteiger partial charge in [0.25, 0.3) is 0 Å². The first kappa shape index (κ1) is 23.3. The van der Waals surface area contributed by atoms with Gasteiger partial charge in [-0.15, -0.1) is 24.0 Å². The predicted molar refractivity (Wildman–Crippen MR) is 116 cm³/mol. The topological polar surface area (TPSA) is 92.0 Å². The van der Waals surface area contributed by atoms with Crippen LogP contribution in [0.15, 0.2) is 4.99 Å². The summed E-state index contributed by atoms with van der Waals surface area (Å²) in [5.41, 5.74) is 5.52. The van der Waals surface area contributed by atoms with E-state index in [-0.39, 0.29) is 36.1 Å². The summed E-state index contributed by atoms with van der Waals surface area (Å²) in [7, 11) is 0. The Morgan fingerprint density at radius 2 is 2.04 bits per heavy atom. The second-order valence-electron chi connectivity index (χ2n) is 8.12. The summed E-state index contributed by atoms with van der Waals surface area (Å²) >= 11 is 0. The number of guanidine groups is 1. The number of alkyl carbamates (subject to hydrolysis) is 1. The maximum Gasteiger partial charge on any atom is 0.407 e. The molecule has 0 aromatic rings. The third-order valence-corrected chi connectivity index (χ3v) is 4.78. The maximum atomic E-state index is 12.0. The number of amides is 1. The molecule has 4 N–H and O–H groups in total. The van der Waals surface area contributed by atoms with Gasteiger partial charge in [0, 0.05) is 12.6 Å². The van der Waals surface area contributed by atoms with Crippen molar-refractivity contribution in [1.29, 1.82) is 0 Å². The number of likely N-dealkylation sites (tertiary alicyclic amines) is 1. The molecule has 1 amide bonds. The van der Waals surface area contributed by atoms with E-state index in [1.165, 1.54) is 19.4 Å². The van der Waals surface area contributed by atoms with E-state index >= 15 is 0 Å². The Kier molecular flexibility index (Phi) is 9.43. The average Bonchev–Trinajstić information content (AvgIpc) is 3.26. The Hall–Kier alpha value is -0.770. The van der Waals surface area contributed by atoms with Crippen LogP contribution in [-0.2, 0) is 4.74 Å². The molecule has 1 heterocycles. The Balaban J connectivity index is 0.00000338.